The number of hydrogen-bond donors (Lipinski definition) is 0. The number of halogens is 1. The summed E-state index contributed by atoms with van der Waals surface area (Å²) in [6.07, 6.45) is 2.19. The van der Waals surface area contributed by atoms with Gasteiger partial charge in [0.2, 0.25) is 6.41 Å². The van der Waals surface area contributed by atoms with Crippen molar-refractivity contribution in [3.8, 4) is 0 Å². The third kappa shape index (κ3) is 3.45. The summed E-state index contributed by atoms with van der Waals surface area (Å²) < 4.78 is 0. The first-order chi connectivity index (χ1) is 4.72. The third-order valence-electron chi connectivity index (χ3n) is 1.11. The zero-order chi connectivity index (χ0) is 7.98. The highest BCUT2D eigenvalue weighted by Gasteiger charge is 2.06. The molecule has 0 aliphatic heterocycles. The second kappa shape index (κ2) is 5.23. The van der Waals surface area contributed by atoms with Gasteiger partial charge in [-0.1, -0.05) is 13.3 Å². The molecule has 0 aromatic heterocycles. The van der Waals surface area contributed by atoms with Gasteiger partial charge in [0.15, 0.2) is 0 Å². The molecule has 0 N–H and O–H groups in total. The maximum Gasteiger partial charge on any atom is 0.322 e. The first-order valence-electron chi connectivity index (χ1n) is 3.13. The zero-order valence-corrected chi connectivity index (χ0v) is 6.60. The van der Waals surface area contributed by atoms with Crippen molar-refractivity contribution in [1.82, 2.24) is 4.90 Å². The Balaban J connectivity index is 3.60. The van der Waals surface area contributed by atoms with Crippen LogP contribution in [0.25, 0.3) is 0 Å². The van der Waals surface area contributed by atoms with Crippen molar-refractivity contribution in [3.05, 3.63) is 0 Å². The summed E-state index contributed by atoms with van der Waals surface area (Å²) in [5.41, 5.74) is 0. The molecule has 0 rings (SSSR count). The van der Waals surface area contributed by atoms with Crippen molar-refractivity contribution in [3.63, 3.8) is 0 Å². The molecule has 0 aliphatic rings. The number of amides is 2. The normalized spacial score (nSPS) is 9.00. The van der Waals surface area contributed by atoms with E-state index in [9.17, 15) is 9.59 Å². The fourth-order valence-corrected chi connectivity index (χ4v) is 0.635. The number of carbonyl (C=O) groups is 2. The molecule has 58 valence electrons. The van der Waals surface area contributed by atoms with Crippen LogP contribution in [-0.2, 0) is 4.79 Å². The van der Waals surface area contributed by atoms with Gasteiger partial charge >= 0.3 is 5.37 Å². The minimum atomic E-state index is -0.705. The van der Waals surface area contributed by atoms with Gasteiger partial charge in [-0.05, 0) is 18.0 Å². The van der Waals surface area contributed by atoms with Crippen LogP contribution in [0.2, 0.25) is 0 Å². The second-order valence-electron chi connectivity index (χ2n) is 1.91. The second-order valence-corrected chi connectivity index (χ2v) is 2.23. The predicted molar refractivity (Wildman–Crippen MR) is 38.9 cm³/mol. The highest BCUT2D eigenvalue weighted by atomic mass is 35.5. The summed E-state index contributed by atoms with van der Waals surface area (Å²) in [4.78, 5) is 21.4. The highest BCUT2D eigenvalue weighted by molar-refractivity contribution is 6.63. The summed E-state index contributed by atoms with van der Waals surface area (Å²) in [6, 6.07) is 0. The van der Waals surface area contributed by atoms with Crippen LogP contribution >= 0.6 is 11.6 Å². The lowest BCUT2D eigenvalue weighted by atomic mass is 10.3. The summed E-state index contributed by atoms with van der Waals surface area (Å²) in [7, 11) is 0. The maximum absolute atomic E-state index is 10.3. The molecule has 0 fully saturated rings. The van der Waals surface area contributed by atoms with Crippen molar-refractivity contribution >= 4 is 23.4 Å². The number of carbonyl (C=O) groups excluding carboxylic acids is 2. The van der Waals surface area contributed by atoms with Gasteiger partial charge in [0, 0.05) is 6.54 Å². The van der Waals surface area contributed by atoms with E-state index in [2.05, 4.69) is 0 Å². The Morgan fingerprint density at radius 2 is 2.30 bits per heavy atom. The minimum absolute atomic E-state index is 0.419. The largest absolute Gasteiger partial charge is 0.322 e. The topological polar surface area (TPSA) is 37.4 Å². The van der Waals surface area contributed by atoms with Gasteiger partial charge in [-0.2, -0.15) is 0 Å². The highest BCUT2D eigenvalue weighted by Crippen LogP contribution is 1.96. The average Bonchev–Trinajstić information content (AvgIpc) is 1.89. The lowest BCUT2D eigenvalue weighted by Crippen LogP contribution is -2.25. The SMILES string of the molecule is CCCCN(C=O)C(=O)Cl. The molecule has 10 heavy (non-hydrogen) atoms. The first-order valence-corrected chi connectivity index (χ1v) is 3.51. The molecule has 0 aliphatic carbocycles. The molecule has 2 amide bonds. The Kier molecular flexibility index (Phi) is 4.94. The van der Waals surface area contributed by atoms with Crippen LogP contribution < -0.4 is 0 Å². The maximum atomic E-state index is 10.3. The minimum Gasteiger partial charge on any atom is -0.278 e. The molecule has 4 heteroatoms. The Bertz CT molecular complexity index is 127. The smallest absolute Gasteiger partial charge is 0.278 e. The van der Waals surface area contributed by atoms with Crippen LogP contribution in [-0.4, -0.2) is 23.2 Å². The number of nitrogens with zero attached hydrogens (tertiary/aromatic N) is 1. The van der Waals surface area contributed by atoms with Crippen molar-refractivity contribution in [1.29, 1.82) is 0 Å². The lowest BCUT2D eigenvalue weighted by Gasteiger charge is -2.08. The van der Waals surface area contributed by atoms with E-state index in [1.165, 1.54) is 0 Å². The quantitative estimate of drug-likeness (QED) is 0.359. The van der Waals surface area contributed by atoms with Crippen molar-refractivity contribution < 1.29 is 9.59 Å². The van der Waals surface area contributed by atoms with Crippen LogP contribution in [0.3, 0.4) is 0 Å². The summed E-state index contributed by atoms with van der Waals surface area (Å²) >= 11 is 5.04. The first kappa shape index (κ1) is 9.43. The van der Waals surface area contributed by atoms with Crippen molar-refractivity contribution in [2.75, 3.05) is 6.54 Å². The Morgan fingerprint density at radius 1 is 1.70 bits per heavy atom. The van der Waals surface area contributed by atoms with E-state index in [0.717, 1.165) is 17.7 Å². The fraction of sp³-hybridized carbons (Fsp3) is 0.667. The van der Waals surface area contributed by atoms with E-state index < -0.39 is 5.37 Å². The Labute approximate surface area is 65.0 Å². The van der Waals surface area contributed by atoms with E-state index in [4.69, 9.17) is 11.6 Å². The average molecular weight is 164 g/mol. The molecule has 0 aromatic rings. The van der Waals surface area contributed by atoms with Gasteiger partial charge in [-0.3, -0.25) is 14.5 Å². The number of hydrogen-bond acceptors (Lipinski definition) is 2. The molecule has 0 aromatic carbocycles. The summed E-state index contributed by atoms with van der Waals surface area (Å²) in [6.45, 7) is 2.39. The van der Waals surface area contributed by atoms with Crippen LogP contribution in [0.4, 0.5) is 4.79 Å². The van der Waals surface area contributed by atoms with Crippen LogP contribution in [0, 0.1) is 0 Å². The van der Waals surface area contributed by atoms with E-state index >= 15 is 0 Å². The predicted octanol–water partition coefficient (Wildman–Crippen LogP) is 1.60. The fourth-order valence-electron chi connectivity index (χ4n) is 0.511. The Hall–Kier alpha value is -0.570. The molecule has 0 unspecified atom stereocenters. The molecule has 3 nitrogen and oxygen atoms in total. The van der Waals surface area contributed by atoms with Gasteiger partial charge in [0.05, 0.1) is 0 Å². The monoisotopic (exact) mass is 163 g/mol. The van der Waals surface area contributed by atoms with E-state index in [-0.39, 0.29) is 0 Å². The van der Waals surface area contributed by atoms with Gasteiger partial charge in [0.1, 0.15) is 0 Å². The zero-order valence-electron chi connectivity index (χ0n) is 5.84. The van der Waals surface area contributed by atoms with Gasteiger partial charge in [-0.15, -0.1) is 0 Å². The Morgan fingerprint density at radius 3 is 2.60 bits per heavy atom. The molecule has 0 bridgehead atoms. The molecular formula is C6H10ClNO2. The van der Waals surface area contributed by atoms with Crippen molar-refractivity contribution in [2.45, 2.75) is 19.8 Å². The molecule has 0 spiro atoms. The molecule has 0 saturated heterocycles. The number of rotatable bonds is 4. The molecule has 0 radical (unpaired) electrons. The molecule has 0 saturated carbocycles. The van der Waals surface area contributed by atoms with Crippen LogP contribution in [0.1, 0.15) is 19.8 Å². The molecule has 0 heterocycles. The summed E-state index contributed by atoms with van der Waals surface area (Å²) in [5, 5.41) is -0.705. The molecule has 0 atom stereocenters. The lowest BCUT2D eigenvalue weighted by molar-refractivity contribution is -0.115. The van der Waals surface area contributed by atoms with Gasteiger partial charge < -0.3 is 0 Å². The van der Waals surface area contributed by atoms with E-state index in [1.807, 2.05) is 6.92 Å². The van der Waals surface area contributed by atoms with Crippen LogP contribution in [0.5, 0.6) is 0 Å². The van der Waals surface area contributed by atoms with Crippen molar-refractivity contribution in [2.24, 2.45) is 0 Å². The van der Waals surface area contributed by atoms with Crippen LogP contribution in [0.15, 0.2) is 0 Å². The molecular weight excluding hydrogens is 154 g/mol. The van der Waals surface area contributed by atoms with Gasteiger partial charge in [0.25, 0.3) is 0 Å². The van der Waals surface area contributed by atoms with E-state index in [1.54, 1.807) is 0 Å². The number of unbranched alkanes of at least 4 members (excludes halogenated alkanes) is 1. The van der Waals surface area contributed by atoms with Gasteiger partial charge in [-0.25, -0.2) is 0 Å². The van der Waals surface area contributed by atoms with E-state index in [0.29, 0.717) is 13.0 Å². The number of imide groups is 1. The third-order valence-corrected chi connectivity index (χ3v) is 1.32. The summed E-state index contributed by atoms with van der Waals surface area (Å²) in [5.74, 6) is 0. The standard InChI is InChI=1S/C6H10ClNO2/c1-2-3-4-8(5-9)6(7)10/h5H,2-4H2,1H3.